The molecule has 0 aromatic heterocycles. The van der Waals surface area contributed by atoms with Crippen LogP contribution < -0.4 is 40.5 Å². The van der Waals surface area contributed by atoms with E-state index in [1.807, 2.05) is 73.3 Å². The normalized spacial score (nSPS) is 19.8. The Kier molecular flexibility index (Phi) is 18.9. The number of anilines is 3. The number of nitrogens with zero attached hydrogens (tertiary/aromatic N) is 3. The van der Waals surface area contributed by atoms with Crippen LogP contribution in [0.5, 0.6) is 11.5 Å². The number of fused-ring (bicyclic) bond motifs is 1. The number of hydrogen-bond donors (Lipinski definition) is 4. The van der Waals surface area contributed by atoms with Crippen molar-refractivity contribution in [2.24, 2.45) is 5.92 Å². The molecule has 78 heavy (non-hydrogen) atoms. The fourth-order valence-corrected chi connectivity index (χ4v) is 11.2. The number of nitrogens with one attached hydrogen (secondary N) is 4. The highest BCUT2D eigenvalue weighted by Gasteiger charge is 2.46. The van der Waals surface area contributed by atoms with Crippen molar-refractivity contribution in [1.82, 2.24) is 20.9 Å². The molecule has 1 aliphatic carbocycles. The smallest absolute Gasteiger partial charge is 0.259 e. The van der Waals surface area contributed by atoms with Crippen LogP contribution in [0.2, 0.25) is 5.02 Å². The molecule has 4 heterocycles. The molecule has 1 saturated heterocycles. The number of imide groups is 1. The lowest BCUT2D eigenvalue weighted by Gasteiger charge is -2.38. The van der Waals surface area contributed by atoms with Gasteiger partial charge in [-0.25, -0.2) is 0 Å². The molecule has 4 aromatic rings. The largest absolute Gasteiger partial charge is 0.493 e. The summed E-state index contributed by atoms with van der Waals surface area (Å²) in [7, 11) is 3.75. The van der Waals surface area contributed by atoms with Gasteiger partial charge in [0.05, 0.1) is 83.1 Å². The van der Waals surface area contributed by atoms with E-state index in [1.54, 1.807) is 19.2 Å². The minimum absolute atomic E-state index is 0.000304. The maximum Gasteiger partial charge on any atom is 0.259 e. The van der Waals surface area contributed by atoms with E-state index in [0.717, 1.165) is 66.0 Å². The Labute approximate surface area is 461 Å². The fraction of sp³-hybridized carbons (Fsp3) is 0.475. The maximum absolute atomic E-state index is 14.1. The standard InChI is InChI=1S/C59H72ClN7O11/c1-37(2)78-50-34-46-40(32-49(50)73-4)33-54(70)66(56(46)39-10-12-41(60)13-11-39)44-18-16-43(17-19-44)65(3)36-38-8-14-42(15-9-38)61-23-24-62-52(68)22-25-74-26-27-75-28-29-76-30-31-77-51-35-63-47-7-5-6-45-55(47)57(51)67(59(45)72)48-20-21-53(69)64-58(48)71/h5-7,10-13,16-19,32,34,37-38,42,48,56,61,63H,8-9,14-15,20-31,33,35-36H2,1-4H3,(H,62,68)(H,64,69,71)/t38-,42-,48?,56-/m0/s1. The van der Waals surface area contributed by atoms with E-state index in [2.05, 4.69) is 45.3 Å². The first-order chi connectivity index (χ1) is 37.9. The first-order valence-electron chi connectivity index (χ1n) is 27.3. The zero-order valence-electron chi connectivity index (χ0n) is 45.0. The summed E-state index contributed by atoms with van der Waals surface area (Å²) in [6.45, 7) is 8.71. The van der Waals surface area contributed by atoms with Gasteiger partial charge in [-0.1, -0.05) is 29.8 Å². The second kappa shape index (κ2) is 26.3. The zero-order valence-corrected chi connectivity index (χ0v) is 45.8. The second-order valence-corrected chi connectivity index (χ2v) is 21.0. The van der Waals surface area contributed by atoms with Crippen LogP contribution in [0, 0.1) is 5.92 Å². The average Bonchev–Trinajstić information content (AvgIpc) is 3.99. The highest BCUT2D eigenvalue weighted by Crippen LogP contribution is 2.46. The number of benzene rings is 4. The van der Waals surface area contributed by atoms with Crippen LogP contribution in [0.3, 0.4) is 0 Å². The summed E-state index contributed by atoms with van der Waals surface area (Å²) < 4.78 is 34.9. The number of piperidine rings is 1. The van der Waals surface area contributed by atoms with Gasteiger partial charge < -0.3 is 54.2 Å². The molecule has 4 N–H and O–H groups in total. The van der Waals surface area contributed by atoms with Gasteiger partial charge >= 0.3 is 0 Å². The van der Waals surface area contributed by atoms with Gasteiger partial charge in [0.1, 0.15) is 18.4 Å². The van der Waals surface area contributed by atoms with Gasteiger partial charge in [0.25, 0.3) is 5.91 Å². The molecule has 0 bridgehead atoms. The van der Waals surface area contributed by atoms with Crippen molar-refractivity contribution in [3.05, 3.63) is 117 Å². The molecule has 9 rings (SSSR count). The SMILES string of the molecule is COc1cc2c(cc1OC(C)C)[C@H](c1ccc(Cl)cc1)N(c1ccc(N(C)C[C@H]3CC[C@H](NCCNC(=O)CCOCCOCCOCCOC4=C5c6c(cccc6C(=O)N5C5CCC(=O)NC5=O)NC4)CC3)cc1)C(=O)C2. The molecule has 19 heteroatoms. The predicted octanol–water partition coefficient (Wildman–Crippen LogP) is 7.03. The first kappa shape index (κ1) is 56.0. The third kappa shape index (κ3) is 13.4. The molecule has 0 spiro atoms. The fourth-order valence-electron chi connectivity index (χ4n) is 11.1. The number of methoxy groups -OCH3 is 1. The molecule has 416 valence electrons. The molecule has 2 fully saturated rings. The highest BCUT2D eigenvalue weighted by molar-refractivity contribution is 6.30. The summed E-state index contributed by atoms with van der Waals surface area (Å²) in [5.41, 5.74) is 7.31. The molecule has 2 atom stereocenters. The van der Waals surface area contributed by atoms with E-state index in [9.17, 15) is 24.0 Å². The van der Waals surface area contributed by atoms with Crippen LogP contribution in [0.25, 0.3) is 5.70 Å². The van der Waals surface area contributed by atoms with Crippen molar-refractivity contribution >= 4 is 63.9 Å². The van der Waals surface area contributed by atoms with Crippen molar-refractivity contribution in [1.29, 1.82) is 0 Å². The van der Waals surface area contributed by atoms with Gasteiger partial charge in [-0.3, -0.25) is 34.2 Å². The van der Waals surface area contributed by atoms with Gasteiger partial charge in [0, 0.05) is 73.2 Å². The van der Waals surface area contributed by atoms with E-state index in [-0.39, 0.29) is 74.7 Å². The molecule has 5 amide bonds. The molecule has 18 nitrogen and oxygen atoms in total. The Hall–Kier alpha value is -6.70. The molecular weight excluding hydrogens is 1020 g/mol. The van der Waals surface area contributed by atoms with E-state index < -0.39 is 11.9 Å². The van der Waals surface area contributed by atoms with Crippen molar-refractivity contribution in [2.75, 3.05) is 102 Å². The number of ether oxygens (including phenoxy) is 6. The van der Waals surface area contributed by atoms with Gasteiger partial charge in [-0.05, 0) is 129 Å². The van der Waals surface area contributed by atoms with E-state index in [0.29, 0.717) is 104 Å². The third-order valence-electron chi connectivity index (χ3n) is 14.9. The summed E-state index contributed by atoms with van der Waals surface area (Å²) in [6.07, 6.45) is 5.23. The van der Waals surface area contributed by atoms with E-state index in [1.165, 1.54) is 4.90 Å². The van der Waals surface area contributed by atoms with Crippen molar-refractivity contribution in [3.8, 4) is 11.5 Å². The minimum atomic E-state index is -0.805. The van der Waals surface area contributed by atoms with Crippen LogP contribution in [0.1, 0.15) is 97.4 Å². The Morgan fingerprint density at radius 2 is 1.54 bits per heavy atom. The van der Waals surface area contributed by atoms with Crippen molar-refractivity contribution in [3.63, 3.8) is 0 Å². The summed E-state index contributed by atoms with van der Waals surface area (Å²) in [5.74, 6) is 1.16. The molecule has 1 saturated carbocycles. The highest BCUT2D eigenvalue weighted by atomic mass is 35.5. The number of halogens is 1. The Balaban J connectivity index is 0.620. The first-order valence-corrected chi connectivity index (χ1v) is 27.6. The number of carbonyl (C=O) groups excluding carboxylic acids is 5. The van der Waals surface area contributed by atoms with Gasteiger partial charge in [0.15, 0.2) is 11.5 Å². The average molecular weight is 1090 g/mol. The summed E-state index contributed by atoms with van der Waals surface area (Å²) in [4.78, 5) is 70.4. The number of amides is 5. The number of hydrogen-bond acceptors (Lipinski definition) is 14. The predicted molar refractivity (Wildman–Crippen MR) is 297 cm³/mol. The van der Waals surface area contributed by atoms with Gasteiger partial charge in [-0.2, -0.15) is 0 Å². The Morgan fingerprint density at radius 1 is 0.821 bits per heavy atom. The van der Waals surface area contributed by atoms with Gasteiger partial charge in [0.2, 0.25) is 23.6 Å². The lowest BCUT2D eigenvalue weighted by atomic mass is 9.85. The number of carbonyl (C=O) groups is 5. The molecule has 5 aliphatic rings. The van der Waals surface area contributed by atoms with Crippen LogP contribution in [0.4, 0.5) is 17.1 Å². The summed E-state index contributed by atoms with van der Waals surface area (Å²) >= 11 is 6.33. The van der Waals surface area contributed by atoms with Crippen LogP contribution >= 0.6 is 11.6 Å². The van der Waals surface area contributed by atoms with Crippen molar-refractivity contribution in [2.45, 2.75) is 89.4 Å². The minimum Gasteiger partial charge on any atom is -0.493 e. The zero-order chi connectivity index (χ0) is 54.7. The lowest BCUT2D eigenvalue weighted by molar-refractivity contribution is -0.136. The molecule has 4 aliphatic heterocycles. The Morgan fingerprint density at radius 3 is 2.24 bits per heavy atom. The van der Waals surface area contributed by atoms with Crippen molar-refractivity contribution < 1.29 is 52.4 Å². The molecular formula is C59H72ClN7O11. The molecule has 1 unspecified atom stereocenters. The topological polar surface area (TPSA) is 199 Å². The summed E-state index contributed by atoms with van der Waals surface area (Å²) in [6, 6.07) is 24.6. The quantitative estimate of drug-likeness (QED) is 0.0369. The molecule has 4 aromatic carbocycles. The van der Waals surface area contributed by atoms with Gasteiger partial charge in [-0.15, -0.1) is 0 Å². The molecule has 0 radical (unpaired) electrons. The second-order valence-electron chi connectivity index (χ2n) is 20.6. The lowest BCUT2D eigenvalue weighted by Crippen LogP contribution is -2.52. The van der Waals surface area contributed by atoms with Crippen LogP contribution in [0.15, 0.2) is 84.6 Å². The van der Waals surface area contributed by atoms with E-state index >= 15 is 0 Å². The van der Waals surface area contributed by atoms with Crippen LogP contribution in [-0.4, -0.2) is 139 Å². The maximum atomic E-state index is 14.1. The summed E-state index contributed by atoms with van der Waals surface area (Å²) in [5, 5.41) is 12.9. The number of rotatable bonds is 26. The van der Waals surface area contributed by atoms with E-state index in [4.69, 9.17) is 40.0 Å². The third-order valence-corrected chi connectivity index (χ3v) is 15.2. The monoisotopic (exact) mass is 1090 g/mol. The Bertz CT molecular complexity index is 2820. The van der Waals surface area contributed by atoms with Crippen LogP contribution in [-0.2, 0) is 44.5 Å².